The fraction of sp³-hybridized carbons (Fsp3) is 0. The molecule has 0 aliphatic heterocycles. The van der Waals surface area contributed by atoms with Crippen LogP contribution in [-0.2, 0) is 0 Å². The summed E-state index contributed by atoms with van der Waals surface area (Å²) in [4.78, 5) is 7.35. The van der Waals surface area contributed by atoms with Crippen LogP contribution >= 0.6 is 9.39 Å². The molecule has 0 saturated heterocycles. The van der Waals surface area contributed by atoms with Crippen LogP contribution in [0.1, 0.15) is 0 Å². The minimum Gasteiger partial charge on any atom is -0.262 e. The highest BCUT2D eigenvalue weighted by Gasteiger charge is 1.81. The third kappa shape index (κ3) is 1.86. The number of aromatic nitrogens is 1. The maximum atomic E-state index is 3.84. The predicted octanol–water partition coefficient (Wildman–Crippen LogP) is 1.96. The van der Waals surface area contributed by atoms with Gasteiger partial charge in [0.15, 0.2) is 0 Å². The zero-order valence-electron chi connectivity index (χ0n) is 4.73. The lowest BCUT2D eigenvalue weighted by Gasteiger charge is -1.84. The van der Waals surface area contributed by atoms with E-state index in [-0.39, 0.29) is 0 Å². The Labute approximate surface area is 55.5 Å². The molecule has 0 aliphatic carbocycles. The van der Waals surface area contributed by atoms with Crippen molar-refractivity contribution in [3.63, 3.8) is 0 Å². The zero-order chi connectivity index (χ0) is 6.53. The summed E-state index contributed by atoms with van der Waals surface area (Å²) in [5, 5.41) is 3.73. The number of rotatable bonds is 1. The fourth-order valence-corrected chi connectivity index (χ4v) is 0.613. The molecule has 0 amide bonds. The molecule has 1 rings (SSSR count). The van der Waals surface area contributed by atoms with E-state index in [9.17, 15) is 0 Å². The van der Waals surface area contributed by atoms with Gasteiger partial charge in [0.2, 0.25) is 0 Å². The van der Waals surface area contributed by atoms with Gasteiger partial charge in [-0.25, -0.2) is 0 Å². The zero-order valence-corrected chi connectivity index (χ0v) is 5.88. The van der Waals surface area contributed by atoms with Gasteiger partial charge in [-0.2, -0.15) is 10.00 Å². The van der Waals surface area contributed by atoms with E-state index >= 15 is 0 Å². The van der Waals surface area contributed by atoms with Gasteiger partial charge in [0.25, 0.3) is 0 Å². The van der Waals surface area contributed by atoms with Gasteiger partial charge >= 0.3 is 0 Å². The van der Waals surface area contributed by atoms with Crippen molar-refractivity contribution in [2.24, 2.45) is 10.00 Å². The summed E-state index contributed by atoms with van der Waals surface area (Å²) in [5.74, 6) is 0. The van der Waals surface area contributed by atoms with Crippen LogP contribution in [-0.4, -0.2) is 4.98 Å². The number of hydrogen-bond acceptors (Lipinski definition) is 3. The Morgan fingerprint density at radius 2 is 2.44 bits per heavy atom. The highest BCUT2D eigenvalue weighted by molar-refractivity contribution is 7.14. The molecule has 0 bridgehead atoms. The van der Waals surface area contributed by atoms with E-state index in [4.69, 9.17) is 0 Å². The first-order valence-electron chi connectivity index (χ1n) is 2.44. The quantitative estimate of drug-likeness (QED) is 0.432. The fourth-order valence-electron chi connectivity index (χ4n) is 0.480. The first kappa shape index (κ1) is 6.30. The van der Waals surface area contributed by atoms with Crippen molar-refractivity contribution in [2.45, 2.75) is 0 Å². The lowest BCUT2D eigenvalue weighted by Crippen LogP contribution is -1.64. The van der Waals surface area contributed by atoms with Crippen molar-refractivity contribution < 1.29 is 0 Å². The molecule has 3 nitrogen and oxygen atoms in total. The molecule has 1 unspecified atom stereocenters. The molecule has 0 saturated carbocycles. The Kier molecular flexibility index (Phi) is 2.28. The molecular formula is C5H6N3P. The van der Waals surface area contributed by atoms with E-state index < -0.39 is 0 Å². The van der Waals surface area contributed by atoms with Crippen molar-refractivity contribution in [1.29, 1.82) is 0 Å². The SMILES string of the molecule is PN=Nc1cccnc1. The molecule has 0 aliphatic rings. The van der Waals surface area contributed by atoms with E-state index in [1.165, 1.54) is 0 Å². The summed E-state index contributed by atoms with van der Waals surface area (Å²) >= 11 is 0. The summed E-state index contributed by atoms with van der Waals surface area (Å²) in [5.41, 5.74) is 0.771. The number of pyridine rings is 1. The van der Waals surface area contributed by atoms with Crippen LogP contribution in [0.5, 0.6) is 0 Å². The van der Waals surface area contributed by atoms with E-state index in [0.29, 0.717) is 0 Å². The largest absolute Gasteiger partial charge is 0.262 e. The topological polar surface area (TPSA) is 37.6 Å². The Morgan fingerprint density at radius 3 is 3.00 bits per heavy atom. The number of hydrogen-bond donors (Lipinski definition) is 0. The van der Waals surface area contributed by atoms with Crippen LogP contribution < -0.4 is 0 Å². The van der Waals surface area contributed by atoms with Crippen molar-refractivity contribution >= 4 is 15.1 Å². The van der Waals surface area contributed by atoms with Crippen LogP contribution in [0.15, 0.2) is 34.5 Å². The molecule has 1 heterocycles. The monoisotopic (exact) mass is 139 g/mol. The van der Waals surface area contributed by atoms with Gasteiger partial charge in [0, 0.05) is 15.6 Å². The second-order valence-electron chi connectivity index (χ2n) is 1.43. The molecule has 1 atom stereocenters. The average molecular weight is 139 g/mol. The Hall–Kier alpha value is -0.820. The molecule has 0 radical (unpaired) electrons. The first-order valence-corrected chi connectivity index (χ1v) is 2.96. The summed E-state index contributed by atoms with van der Waals surface area (Å²) < 4.78 is 0. The van der Waals surface area contributed by atoms with Crippen LogP contribution in [0.3, 0.4) is 0 Å². The third-order valence-electron chi connectivity index (χ3n) is 0.819. The van der Waals surface area contributed by atoms with Gasteiger partial charge in [0.05, 0.1) is 6.20 Å². The second kappa shape index (κ2) is 3.25. The van der Waals surface area contributed by atoms with Gasteiger partial charge in [0.1, 0.15) is 5.69 Å². The lowest BCUT2D eigenvalue weighted by molar-refractivity contribution is 1.26. The van der Waals surface area contributed by atoms with Crippen LogP contribution in [0.2, 0.25) is 0 Å². The molecular weight excluding hydrogens is 133 g/mol. The van der Waals surface area contributed by atoms with Gasteiger partial charge in [-0.05, 0) is 12.1 Å². The van der Waals surface area contributed by atoms with Gasteiger partial charge in [-0.15, -0.1) is 0 Å². The Morgan fingerprint density at radius 1 is 1.56 bits per heavy atom. The van der Waals surface area contributed by atoms with E-state index in [1.807, 2.05) is 12.1 Å². The highest BCUT2D eigenvalue weighted by atomic mass is 31.0. The van der Waals surface area contributed by atoms with Crippen molar-refractivity contribution in [2.75, 3.05) is 0 Å². The summed E-state index contributed by atoms with van der Waals surface area (Å²) in [6.45, 7) is 0. The molecule has 1 aromatic rings. The molecule has 9 heavy (non-hydrogen) atoms. The van der Waals surface area contributed by atoms with Gasteiger partial charge < -0.3 is 0 Å². The normalized spacial score (nSPS) is 10.3. The Bertz CT molecular complexity index is 197. The van der Waals surface area contributed by atoms with Crippen LogP contribution in [0, 0.1) is 0 Å². The molecule has 0 fully saturated rings. The van der Waals surface area contributed by atoms with Crippen molar-refractivity contribution in [3.05, 3.63) is 24.5 Å². The van der Waals surface area contributed by atoms with E-state index in [1.54, 1.807) is 12.4 Å². The summed E-state index contributed by atoms with van der Waals surface area (Å²) in [6.07, 6.45) is 3.34. The first-order chi connectivity index (χ1) is 4.43. The van der Waals surface area contributed by atoms with Crippen molar-refractivity contribution in [1.82, 2.24) is 4.98 Å². The second-order valence-corrected chi connectivity index (χ2v) is 1.66. The maximum absolute atomic E-state index is 3.84. The molecule has 0 N–H and O–H groups in total. The van der Waals surface area contributed by atoms with Crippen molar-refractivity contribution in [3.8, 4) is 0 Å². The number of nitrogens with zero attached hydrogens (tertiary/aromatic N) is 3. The smallest absolute Gasteiger partial charge is 0.104 e. The highest BCUT2D eigenvalue weighted by Crippen LogP contribution is 2.08. The van der Waals surface area contributed by atoms with Crippen LogP contribution in [0.25, 0.3) is 0 Å². The maximum Gasteiger partial charge on any atom is 0.104 e. The minimum atomic E-state index is 0.771. The Balaban J connectivity index is 2.85. The molecule has 1 aromatic heterocycles. The standard InChI is InChI=1S/C5H6N3P/c9-8-7-5-2-1-3-6-4-5/h1-4H,9H2. The van der Waals surface area contributed by atoms with Gasteiger partial charge in [-0.1, -0.05) is 0 Å². The average Bonchev–Trinajstić information content (AvgIpc) is 1.91. The molecule has 0 spiro atoms. The summed E-state index contributed by atoms with van der Waals surface area (Å²) in [6, 6.07) is 3.65. The van der Waals surface area contributed by atoms with E-state index in [2.05, 4.69) is 24.4 Å². The molecule has 46 valence electrons. The van der Waals surface area contributed by atoms with E-state index in [0.717, 1.165) is 5.69 Å². The predicted molar refractivity (Wildman–Crippen MR) is 38.5 cm³/mol. The summed E-state index contributed by atoms with van der Waals surface area (Å²) in [7, 11) is 2.16. The van der Waals surface area contributed by atoms with Gasteiger partial charge in [-0.3, -0.25) is 4.98 Å². The third-order valence-corrected chi connectivity index (χ3v) is 0.935. The van der Waals surface area contributed by atoms with Crippen LogP contribution in [0.4, 0.5) is 5.69 Å². The molecule has 0 aromatic carbocycles. The molecule has 4 heteroatoms. The lowest BCUT2D eigenvalue weighted by atomic mass is 10.4. The minimum absolute atomic E-state index is 0.771.